The summed E-state index contributed by atoms with van der Waals surface area (Å²) in [4.78, 5) is 25.9. The third kappa shape index (κ3) is 6.05. The number of anilines is 1. The van der Waals surface area contributed by atoms with Crippen molar-refractivity contribution < 1.29 is 15.0 Å². The van der Waals surface area contributed by atoms with Gasteiger partial charge in [-0.15, -0.1) is 0 Å². The lowest BCUT2D eigenvalue weighted by Gasteiger charge is -2.38. The van der Waals surface area contributed by atoms with Crippen molar-refractivity contribution in [1.29, 1.82) is 0 Å². The van der Waals surface area contributed by atoms with Crippen molar-refractivity contribution in [1.82, 2.24) is 14.9 Å². The lowest BCUT2D eigenvalue weighted by molar-refractivity contribution is -0.141. The highest BCUT2D eigenvalue weighted by atomic mass is 16.4. The Hall–Kier alpha value is -3.29. The average Bonchev–Trinajstić information content (AvgIpc) is 2.97. The van der Waals surface area contributed by atoms with Crippen molar-refractivity contribution in [3.63, 3.8) is 0 Å². The molecule has 3 aromatic rings. The van der Waals surface area contributed by atoms with Crippen LogP contribution in [0.5, 0.6) is 0 Å². The summed E-state index contributed by atoms with van der Waals surface area (Å²) in [6.45, 7) is 5.05. The van der Waals surface area contributed by atoms with Crippen LogP contribution in [0.25, 0.3) is 11.0 Å². The summed E-state index contributed by atoms with van der Waals surface area (Å²) < 4.78 is 0. The molecule has 7 heteroatoms. The highest BCUT2D eigenvalue weighted by Gasteiger charge is 2.25. The molecule has 200 valence electrons. The zero-order valence-corrected chi connectivity index (χ0v) is 22.2. The maximum Gasteiger partial charge on any atom is 0.306 e. The highest BCUT2D eigenvalue weighted by molar-refractivity contribution is 5.75. The maximum absolute atomic E-state index is 11.3. The number of benzene rings is 2. The van der Waals surface area contributed by atoms with Crippen molar-refractivity contribution in [2.45, 2.75) is 57.6 Å². The van der Waals surface area contributed by atoms with Crippen LogP contribution in [0.15, 0.2) is 60.7 Å². The topological polar surface area (TPSA) is 89.8 Å². The van der Waals surface area contributed by atoms with Crippen LogP contribution in [0.4, 0.5) is 5.69 Å². The monoisotopic (exact) mass is 514 g/mol. The van der Waals surface area contributed by atoms with E-state index >= 15 is 0 Å². The number of aliphatic carboxylic acids is 1. The Bertz CT molecular complexity index is 1270. The second-order valence-corrected chi connectivity index (χ2v) is 10.6. The van der Waals surface area contributed by atoms with Crippen molar-refractivity contribution in [2.24, 2.45) is 5.92 Å². The van der Waals surface area contributed by atoms with Crippen LogP contribution in [-0.4, -0.2) is 57.2 Å². The van der Waals surface area contributed by atoms with Crippen molar-refractivity contribution >= 4 is 22.7 Å². The second-order valence-electron chi connectivity index (χ2n) is 10.6. The van der Waals surface area contributed by atoms with Crippen LogP contribution < -0.4 is 4.90 Å². The molecule has 1 aliphatic carbocycles. The first-order valence-electron chi connectivity index (χ1n) is 13.9. The standard InChI is InChI=1S/C31H38N4O3/c1-22(31(37)38)9-8-14-27-29(23-10-4-2-5-11-23)33-26-16-15-24(21-28(26)32-27)30(36)35-19-17-34(18-20-35)25-12-6-3-7-13-25/h2-4,6-7,12-13,15-16,21-23,30,36H,5,8-11,14,17-20H2,1H3,(H,37,38). The van der Waals surface area contributed by atoms with E-state index < -0.39 is 12.2 Å². The van der Waals surface area contributed by atoms with Gasteiger partial charge in [-0.3, -0.25) is 9.69 Å². The summed E-state index contributed by atoms with van der Waals surface area (Å²) in [6.07, 6.45) is 8.92. The third-order valence-corrected chi connectivity index (χ3v) is 8.00. The van der Waals surface area contributed by atoms with E-state index in [0.29, 0.717) is 18.8 Å². The Morgan fingerprint density at radius 2 is 1.82 bits per heavy atom. The number of aryl methyl sites for hydroxylation is 1. The molecule has 3 atom stereocenters. The molecule has 0 saturated carbocycles. The SMILES string of the molecule is CC(CCCc1nc2cc(C(O)N3CCN(c4ccccc4)CC3)ccc2nc1C1CC=CCC1)C(=O)O. The predicted octanol–water partition coefficient (Wildman–Crippen LogP) is 5.31. The first kappa shape index (κ1) is 26.3. The van der Waals surface area contributed by atoms with Crippen LogP contribution in [0.1, 0.15) is 68.1 Å². The number of hydrogen-bond donors (Lipinski definition) is 2. The van der Waals surface area contributed by atoms with Crippen LogP contribution >= 0.6 is 0 Å². The summed E-state index contributed by atoms with van der Waals surface area (Å²) in [5.41, 5.74) is 5.72. The van der Waals surface area contributed by atoms with Crippen molar-refractivity contribution in [2.75, 3.05) is 31.1 Å². The van der Waals surface area contributed by atoms with Gasteiger partial charge in [0.15, 0.2) is 0 Å². The van der Waals surface area contributed by atoms with E-state index in [9.17, 15) is 15.0 Å². The Morgan fingerprint density at radius 1 is 1.03 bits per heavy atom. The zero-order chi connectivity index (χ0) is 26.5. The highest BCUT2D eigenvalue weighted by Crippen LogP contribution is 2.32. The molecule has 2 heterocycles. The number of carboxylic acid groups (broad SMARTS) is 1. The third-order valence-electron chi connectivity index (χ3n) is 8.00. The lowest BCUT2D eigenvalue weighted by Crippen LogP contribution is -2.47. The van der Waals surface area contributed by atoms with E-state index in [1.54, 1.807) is 6.92 Å². The first-order chi connectivity index (χ1) is 18.5. The van der Waals surface area contributed by atoms with Crippen molar-refractivity contribution in [3.05, 3.63) is 77.6 Å². The lowest BCUT2D eigenvalue weighted by atomic mass is 9.88. The van der Waals surface area contributed by atoms with Gasteiger partial charge in [-0.2, -0.15) is 0 Å². The maximum atomic E-state index is 11.3. The Labute approximate surface area is 224 Å². The van der Waals surface area contributed by atoms with E-state index in [2.05, 4.69) is 46.2 Å². The van der Waals surface area contributed by atoms with Crippen LogP contribution in [0.2, 0.25) is 0 Å². The quantitative estimate of drug-likeness (QED) is 0.374. The van der Waals surface area contributed by atoms with E-state index in [1.165, 1.54) is 5.69 Å². The van der Waals surface area contributed by atoms with Gasteiger partial charge in [0.2, 0.25) is 0 Å². The molecule has 2 aromatic carbocycles. The number of aromatic nitrogens is 2. The molecule has 1 saturated heterocycles. The Morgan fingerprint density at radius 3 is 2.53 bits per heavy atom. The van der Waals surface area contributed by atoms with Gasteiger partial charge in [-0.05, 0) is 68.4 Å². The number of allylic oxidation sites excluding steroid dienone is 2. The van der Waals surface area contributed by atoms with Gasteiger partial charge >= 0.3 is 5.97 Å². The minimum absolute atomic E-state index is 0.343. The van der Waals surface area contributed by atoms with Gasteiger partial charge in [0.25, 0.3) is 0 Å². The number of aliphatic hydroxyl groups excluding tert-OH is 1. The number of rotatable bonds is 9. The minimum atomic E-state index is -0.754. The molecule has 7 nitrogen and oxygen atoms in total. The molecule has 2 aliphatic rings. The summed E-state index contributed by atoms with van der Waals surface area (Å²) in [6, 6.07) is 16.4. The fourth-order valence-corrected chi connectivity index (χ4v) is 5.61. The van der Waals surface area contributed by atoms with Gasteiger partial charge in [0, 0.05) is 37.8 Å². The predicted molar refractivity (Wildman–Crippen MR) is 150 cm³/mol. The fourth-order valence-electron chi connectivity index (χ4n) is 5.61. The van der Waals surface area contributed by atoms with Crippen molar-refractivity contribution in [3.8, 4) is 0 Å². The number of carboxylic acids is 1. The molecule has 0 bridgehead atoms. The van der Waals surface area contributed by atoms with Gasteiger partial charge < -0.3 is 15.1 Å². The van der Waals surface area contributed by atoms with E-state index in [-0.39, 0.29) is 5.92 Å². The van der Waals surface area contributed by atoms with E-state index in [4.69, 9.17) is 9.97 Å². The average molecular weight is 515 g/mol. The van der Waals surface area contributed by atoms with Gasteiger partial charge in [0.05, 0.1) is 28.3 Å². The van der Waals surface area contributed by atoms with Gasteiger partial charge in [0.1, 0.15) is 6.23 Å². The number of aliphatic hydroxyl groups is 1. The minimum Gasteiger partial charge on any atom is -0.481 e. The van der Waals surface area contributed by atoms with Crippen LogP contribution in [0.3, 0.4) is 0 Å². The number of para-hydroxylation sites is 1. The summed E-state index contributed by atoms with van der Waals surface area (Å²) in [7, 11) is 0. The zero-order valence-electron chi connectivity index (χ0n) is 22.2. The first-order valence-corrected chi connectivity index (χ1v) is 13.9. The summed E-state index contributed by atoms with van der Waals surface area (Å²) >= 11 is 0. The molecule has 0 amide bonds. The molecular formula is C31H38N4O3. The molecule has 3 unspecified atom stereocenters. The molecular weight excluding hydrogens is 476 g/mol. The molecule has 2 N–H and O–H groups in total. The molecule has 0 radical (unpaired) electrons. The molecule has 1 fully saturated rings. The van der Waals surface area contributed by atoms with E-state index in [1.807, 2.05) is 24.3 Å². The molecule has 1 aliphatic heterocycles. The van der Waals surface area contributed by atoms with Crippen LogP contribution in [0, 0.1) is 5.92 Å². The Kier molecular flexibility index (Phi) is 8.35. The summed E-state index contributed by atoms with van der Waals surface area (Å²) in [5.74, 6) is -0.779. The number of piperazine rings is 1. The van der Waals surface area contributed by atoms with Gasteiger partial charge in [-0.1, -0.05) is 43.3 Å². The Balaban J connectivity index is 1.34. The fraction of sp³-hybridized carbons (Fsp3) is 0.452. The van der Waals surface area contributed by atoms with Gasteiger partial charge in [-0.25, -0.2) is 9.97 Å². The molecule has 0 spiro atoms. The molecule has 5 rings (SSSR count). The number of carbonyl (C=O) groups is 1. The normalized spacial score (nSPS) is 19.9. The number of nitrogens with zero attached hydrogens (tertiary/aromatic N) is 4. The van der Waals surface area contributed by atoms with Crippen LogP contribution in [-0.2, 0) is 11.2 Å². The summed E-state index contributed by atoms with van der Waals surface area (Å²) in [5, 5.41) is 20.5. The second kappa shape index (κ2) is 12.0. The molecule has 1 aromatic heterocycles. The number of fused-ring (bicyclic) bond motifs is 1. The smallest absolute Gasteiger partial charge is 0.306 e. The van der Waals surface area contributed by atoms with E-state index in [0.717, 1.165) is 79.8 Å². The molecule has 38 heavy (non-hydrogen) atoms. The largest absolute Gasteiger partial charge is 0.481 e. The number of hydrogen-bond acceptors (Lipinski definition) is 6.